The standard InChI is InChI=1S/C19H14FN5O3/c1-10-7-13(4-5-14(10)20)25-11(2)17(22-24-25)19-21-18(23-28-19)12-3-6-15-16(8-12)27-9-26-15/h3-8H,9H2,1-2H3. The fourth-order valence-corrected chi connectivity index (χ4v) is 3.01. The molecule has 0 unspecified atom stereocenters. The highest BCUT2D eigenvalue weighted by atomic mass is 19.1. The molecule has 0 fully saturated rings. The lowest BCUT2D eigenvalue weighted by atomic mass is 10.2. The fraction of sp³-hybridized carbons (Fsp3) is 0.158. The predicted octanol–water partition coefficient (Wildman–Crippen LogP) is 3.47. The van der Waals surface area contributed by atoms with Crippen molar-refractivity contribution in [3.63, 3.8) is 0 Å². The van der Waals surface area contributed by atoms with Gasteiger partial charge in [0.2, 0.25) is 12.6 Å². The monoisotopic (exact) mass is 379 g/mol. The van der Waals surface area contributed by atoms with E-state index in [0.717, 1.165) is 5.56 Å². The maximum atomic E-state index is 13.5. The molecule has 1 aliphatic rings. The summed E-state index contributed by atoms with van der Waals surface area (Å²) in [5.41, 5.74) is 3.12. The van der Waals surface area contributed by atoms with Crippen LogP contribution < -0.4 is 9.47 Å². The van der Waals surface area contributed by atoms with Gasteiger partial charge in [0, 0.05) is 5.56 Å². The number of fused-ring (bicyclic) bond motifs is 1. The molecule has 0 bridgehead atoms. The highest BCUT2D eigenvalue weighted by Gasteiger charge is 2.21. The summed E-state index contributed by atoms with van der Waals surface area (Å²) in [6, 6.07) is 10.2. The Morgan fingerprint density at radius 2 is 1.89 bits per heavy atom. The molecule has 0 aliphatic carbocycles. The summed E-state index contributed by atoms with van der Waals surface area (Å²) in [6.45, 7) is 3.72. The predicted molar refractivity (Wildman–Crippen MR) is 95.6 cm³/mol. The molecular formula is C19H14FN5O3. The van der Waals surface area contributed by atoms with Gasteiger partial charge >= 0.3 is 0 Å². The molecule has 1 aliphatic heterocycles. The minimum atomic E-state index is -0.271. The van der Waals surface area contributed by atoms with Crippen molar-refractivity contribution in [1.29, 1.82) is 0 Å². The van der Waals surface area contributed by atoms with Gasteiger partial charge < -0.3 is 14.0 Å². The number of nitrogens with zero attached hydrogens (tertiary/aromatic N) is 5. The lowest BCUT2D eigenvalue weighted by molar-refractivity contribution is 0.174. The van der Waals surface area contributed by atoms with Crippen molar-refractivity contribution in [1.82, 2.24) is 25.1 Å². The zero-order valence-electron chi connectivity index (χ0n) is 15.0. The molecule has 0 amide bonds. The molecule has 0 saturated carbocycles. The quantitative estimate of drug-likeness (QED) is 0.538. The van der Waals surface area contributed by atoms with Crippen molar-refractivity contribution in [2.75, 3.05) is 6.79 Å². The summed E-state index contributed by atoms with van der Waals surface area (Å²) in [7, 11) is 0. The van der Waals surface area contributed by atoms with E-state index in [9.17, 15) is 4.39 Å². The van der Waals surface area contributed by atoms with Gasteiger partial charge in [0.25, 0.3) is 5.89 Å². The highest BCUT2D eigenvalue weighted by molar-refractivity contribution is 5.63. The molecular weight excluding hydrogens is 365 g/mol. The minimum absolute atomic E-state index is 0.196. The van der Waals surface area contributed by atoms with E-state index >= 15 is 0 Å². The van der Waals surface area contributed by atoms with Crippen LogP contribution in [0.2, 0.25) is 0 Å². The van der Waals surface area contributed by atoms with E-state index in [2.05, 4.69) is 20.5 Å². The number of halogens is 1. The van der Waals surface area contributed by atoms with Gasteiger partial charge in [0.1, 0.15) is 5.82 Å². The number of rotatable bonds is 3. The fourth-order valence-electron chi connectivity index (χ4n) is 3.01. The van der Waals surface area contributed by atoms with Gasteiger partial charge in [-0.3, -0.25) is 0 Å². The molecule has 0 spiro atoms. The Hall–Kier alpha value is -3.75. The minimum Gasteiger partial charge on any atom is -0.454 e. The van der Waals surface area contributed by atoms with E-state index in [4.69, 9.17) is 14.0 Å². The highest BCUT2D eigenvalue weighted by Crippen LogP contribution is 2.35. The van der Waals surface area contributed by atoms with Crippen LogP contribution >= 0.6 is 0 Å². The van der Waals surface area contributed by atoms with Crippen LogP contribution in [0.15, 0.2) is 40.9 Å². The molecule has 0 atom stereocenters. The molecule has 4 aromatic rings. The molecule has 0 N–H and O–H groups in total. The Kier molecular flexibility index (Phi) is 3.61. The maximum absolute atomic E-state index is 13.5. The first kappa shape index (κ1) is 16.4. The molecule has 28 heavy (non-hydrogen) atoms. The Labute approximate surface area is 158 Å². The van der Waals surface area contributed by atoms with Gasteiger partial charge in [-0.1, -0.05) is 10.4 Å². The molecule has 140 valence electrons. The van der Waals surface area contributed by atoms with Gasteiger partial charge in [0.15, 0.2) is 17.2 Å². The summed E-state index contributed by atoms with van der Waals surface area (Å²) < 4.78 is 31.2. The summed E-state index contributed by atoms with van der Waals surface area (Å²) >= 11 is 0. The van der Waals surface area contributed by atoms with Crippen LogP contribution in [0, 0.1) is 19.7 Å². The third-order valence-corrected chi connectivity index (χ3v) is 4.54. The van der Waals surface area contributed by atoms with Crippen molar-refractivity contribution in [3.05, 3.63) is 53.5 Å². The van der Waals surface area contributed by atoms with E-state index in [1.54, 1.807) is 35.9 Å². The number of aromatic nitrogens is 5. The average molecular weight is 379 g/mol. The first-order valence-electron chi connectivity index (χ1n) is 8.53. The van der Waals surface area contributed by atoms with Gasteiger partial charge in [-0.25, -0.2) is 9.07 Å². The van der Waals surface area contributed by atoms with E-state index in [-0.39, 0.29) is 18.5 Å². The van der Waals surface area contributed by atoms with Gasteiger partial charge in [-0.2, -0.15) is 4.98 Å². The van der Waals surface area contributed by atoms with E-state index in [0.29, 0.717) is 40.0 Å². The first-order valence-corrected chi connectivity index (χ1v) is 8.53. The number of benzene rings is 2. The van der Waals surface area contributed by atoms with Crippen molar-refractivity contribution < 1.29 is 18.4 Å². The number of aryl methyl sites for hydroxylation is 1. The SMILES string of the molecule is Cc1cc(-n2nnc(-c3nc(-c4ccc5c(c4)OCO5)no3)c2C)ccc1F. The van der Waals surface area contributed by atoms with Crippen LogP contribution in [-0.4, -0.2) is 31.9 Å². The van der Waals surface area contributed by atoms with Crippen molar-refractivity contribution >= 4 is 0 Å². The number of ether oxygens (including phenoxy) is 2. The molecule has 8 nitrogen and oxygen atoms in total. The Morgan fingerprint density at radius 3 is 2.75 bits per heavy atom. The summed E-state index contributed by atoms with van der Waals surface area (Å²) in [4.78, 5) is 4.43. The van der Waals surface area contributed by atoms with Gasteiger partial charge in [0.05, 0.1) is 11.4 Å². The first-order chi connectivity index (χ1) is 13.6. The van der Waals surface area contributed by atoms with Crippen LogP contribution in [0.4, 0.5) is 4.39 Å². The maximum Gasteiger partial charge on any atom is 0.280 e. The van der Waals surface area contributed by atoms with Crippen LogP contribution in [0.5, 0.6) is 11.5 Å². The van der Waals surface area contributed by atoms with E-state index in [1.807, 2.05) is 13.0 Å². The molecule has 3 heterocycles. The Bertz CT molecular complexity index is 1200. The van der Waals surface area contributed by atoms with Crippen LogP contribution in [0.25, 0.3) is 28.7 Å². The molecule has 9 heteroatoms. The lowest BCUT2D eigenvalue weighted by Crippen LogP contribution is -2.00. The second-order valence-electron chi connectivity index (χ2n) is 6.36. The second-order valence-corrected chi connectivity index (χ2v) is 6.36. The summed E-state index contributed by atoms with van der Waals surface area (Å²) in [5.74, 6) is 1.70. The lowest BCUT2D eigenvalue weighted by Gasteiger charge is -2.04. The number of hydrogen-bond acceptors (Lipinski definition) is 7. The van der Waals surface area contributed by atoms with Crippen LogP contribution in [0.3, 0.4) is 0 Å². The van der Waals surface area contributed by atoms with Crippen LogP contribution in [-0.2, 0) is 0 Å². The Balaban J connectivity index is 1.49. The largest absolute Gasteiger partial charge is 0.454 e. The Morgan fingerprint density at radius 1 is 1.04 bits per heavy atom. The topological polar surface area (TPSA) is 88.1 Å². The number of hydrogen-bond donors (Lipinski definition) is 0. The zero-order chi connectivity index (χ0) is 19.3. The third kappa shape index (κ3) is 2.59. The average Bonchev–Trinajstić information content (AvgIpc) is 3.42. The smallest absolute Gasteiger partial charge is 0.280 e. The van der Waals surface area contributed by atoms with Gasteiger partial charge in [-0.05, 0) is 55.8 Å². The molecule has 2 aromatic carbocycles. The molecule has 2 aromatic heterocycles. The normalized spacial score (nSPS) is 12.5. The van der Waals surface area contributed by atoms with Crippen LogP contribution in [0.1, 0.15) is 11.3 Å². The molecule has 0 saturated heterocycles. The van der Waals surface area contributed by atoms with Crippen molar-refractivity contribution in [2.45, 2.75) is 13.8 Å². The van der Waals surface area contributed by atoms with Crippen molar-refractivity contribution in [2.24, 2.45) is 0 Å². The third-order valence-electron chi connectivity index (χ3n) is 4.54. The van der Waals surface area contributed by atoms with E-state index < -0.39 is 0 Å². The van der Waals surface area contributed by atoms with E-state index in [1.165, 1.54) is 6.07 Å². The second kappa shape index (κ2) is 6.15. The summed E-state index contributed by atoms with van der Waals surface area (Å²) in [6.07, 6.45) is 0. The summed E-state index contributed by atoms with van der Waals surface area (Å²) in [5, 5.41) is 12.3. The van der Waals surface area contributed by atoms with Gasteiger partial charge in [-0.15, -0.1) is 5.10 Å². The van der Waals surface area contributed by atoms with Crippen molar-refractivity contribution in [3.8, 4) is 40.2 Å². The molecule has 5 rings (SSSR count). The zero-order valence-corrected chi connectivity index (χ0v) is 15.0. The molecule has 0 radical (unpaired) electrons.